The van der Waals surface area contributed by atoms with Gasteiger partial charge < -0.3 is 11.1 Å². The van der Waals surface area contributed by atoms with Gasteiger partial charge in [0.2, 0.25) is 0 Å². The largest absolute Gasteiger partial charge is 0.391 e. The molecular formula is C42H80F6N2. The number of rotatable bonds is 7. The van der Waals surface area contributed by atoms with Crippen molar-refractivity contribution in [1.82, 2.24) is 5.32 Å². The zero-order valence-corrected chi connectivity index (χ0v) is 33.3. The van der Waals surface area contributed by atoms with Gasteiger partial charge in [0.1, 0.15) is 0 Å². The molecule has 0 heterocycles. The highest BCUT2D eigenvalue weighted by Gasteiger charge is 2.51. The summed E-state index contributed by atoms with van der Waals surface area (Å²) in [4.78, 5) is 0. The van der Waals surface area contributed by atoms with Crippen molar-refractivity contribution in [2.75, 3.05) is 19.6 Å². The molecule has 50 heavy (non-hydrogen) atoms. The van der Waals surface area contributed by atoms with E-state index in [0.29, 0.717) is 6.42 Å². The lowest BCUT2D eigenvalue weighted by Crippen LogP contribution is -2.38. The maximum absolute atomic E-state index is 12.4. The average Bonchev–Trinajstić information content (AvgIpc) is 2.99. The molecule has 0 spiro atoms. The molecule has 5 saturated carbocycles. The predicted octanol–water partition coefficient (Wildman–Crippen LogP) is 14.2. The van der Waals surface area contributed by atoms with Gasteiger partial charge in [-0.3, -0.25) is 0 Å². The Morgan fingerprint density at radius 1 is 0.660 bits per heavy atom. The molecule has 0 aromatic rings. The molecule has 2 nitrogen and oxygen atoms in total. The molecule has 5 aliphatic carbocycles. The van der Waals surface area contributed by atoms with Crippen LogP contribution >= 0.6 is 0 Å². The monoisotopic (exact) mass is 727 g/mol. The van der Waals surface area contributed by atoms with Gasteiger partial charge in [-0.25, -0.2) is 0 Å². The molecule has 8 heteroatoms. The number of nitrogens with two attached hydrogens (primary N) is 1. The summed E-state index contributed by atoms with van der Waals surface area (Å²) < 4.78 is 74.7. The van der Waals surface area contributed by atoms with E-state index in [2.05, 4.69) is 46.5 Å². The van der Waals surface area contributed by atoms with Crippen LogP contribution in [0.15, 0.2) is 12.2 Å². The fourth-order valence-electron chi connectivity index (χ4n) is 6.85. The Labute approximate surface area is 305 Å². The Morgan fingerprint density at radius 3 is 1.40 bits per heavy atom. The van der Waals surface area contributed by atoms with E-state index in [9.17, 15) is 26.3 Å². The Hall–Kier alpha value is -0.760. The topological polar surface area (TPSA) is 38.0 Å². The van der Waals surface area contributed by atoms with Gasteiger partial charge in [-0.05, 0) is 81.6 Å². The van der Waals surface area contributed by atoms with Gasteiger partial charge in [-0.2, -0.15) is 26.3 Å². The highest BCUT2D eigenvalue weighted by molar-refractivity contribution is 4.97. The first kappa shape index (κ1) is 49.2. The molecule has 0 aliphatic heterocycles. The van der Waals surface area contributed by atoms with Gasteiger partial charge in [0, 0.05) is 13.1 Å². The zero-order valence-electron chi connectivity index (χ0n) is 33.3. The summed E-state index contributed by atoms with van der Waals surface area (Å²) >= 11 is 0. The van der Waals surface area contributed by atoms with Crippen molar-refractivity contribution in [2.45, 2.75) is 195 Å². The molecule has 0 saturated heterocycles. The molecule has 0 bridgehead atoms. The van der Waals surface area contributed by atoms with E-state index in [1.165, 1.54) is 121 Å². The second-order valence-corrected chi connectivity index (χ2v) is 16.2. The van der Waals surface area contributed by atoms with Gasteiger partial charge in [0.15, 0.2) is 0 Å². The van der Waals surface area contributed by atoms with E-state index in [1.807, 2.05) is 0 Å². The quantitative estimate of drug-likeness (QED) is 0.156. The van der Waals surface area contributed by atoms with Crippen LogP contribution in [0.5, 0.6) is 0 Å². The van der Waals surface area contributed by atoms with Crippen LogP contribution in [-0.4, -0.2) is 32.0 Å². The molecule has 5 unspecified atom stereocenters. The van der Waals surface area contributed by atoms with Crippen molar-refractivity contribution in [3.05, 3.63) is 12.2 Å². The molecule has 5 rings (SSSR count). The second-order valence-electron chi connectivity index (χ2n) is 16.2. The van der Waals surface area contributed by atoms with Crippen molar-refractivity contribution < 1.29 is 26.3 Å². The average molecular weight is 727 g/mol. The summed E-state index contributed by atoms with van der Waals surface area (Å²) in [5.41, 5.74) is 6.58. The Kier molecular flexibility index (Phi) is 28.3. The summed E-state index contributed by atoms with van der Waals surface area (Å²) in [6, 6.07) is 0. The zero-order chi connectivity index (χ0) is 38.0. The number of allylic oxidation sites excluding steroid dienone is 1. The molecule has 0 aromatic carbocycles. The predicted molar refractivity (Wildman–Crippen MR) is 203 cm³/mol. The third-order valence-corrected chi connectivity index (χ3v) is 11.4. The standard InChI is InChI=1S/C12H22.C10H14F6.C7H14.C5H14N2.2C4H8/c1-9(2)11(4)12-7-5-6-10(3)8-12;1-2-6-3-7(9(11,12)13)5-8(4-6)10(14,15)16;1-7-5-3-2-4-6-7;1-2-4-7-5-3-6;2*1-2-4-3-1/h10-12H,1,5-8H2,2-4H3;6-8H,2-5H2,1H3;2*7H,2-6H2,1H3;2*1-4H2. The molecule has 300 valence electrons. The lowest BCUT2D eigenvalue weighted by Gasteiger charge is -2.36. The Balaban J connectivity index is 0.000000619. The van der Waals surface area contributed by atoms with E-state index in [4.69, 9.17) is 5.73 Å². The minimum absolute atomic E-state index is 0.160. The van der Waals surface area contributed by atoms with Crippen LogP contribution in [0.3, 0.4) is 0 Å². The summed E-state index contributed by atoms with van der Waals surface area (Å²) in [6.07, 6.45) is 16.6. The normalized spacial score (nSPS) is 27.1. The minimum Gasteiger partial charge on any atom is -0.329 e. The second kappa shape index (κ2) is 28.7. The lowest BCUT2D eigenvalue weighted by atomic mass is 9.73. The van der Waals surface area contributed by atoms with Crippen LogP contribution < -0.4 is 11.1 Å². The van der Waals surface area contributed by atoms with Crippen LogP contribution in [0.1, 0.15) is 183 Å². The number of hydrogen-bond acceptors (Lipinski definition) is 2. The Bertz CT molecular complexity index is 742. The van der Waals surface area contributed by atoms with E-state index >= 15 is 0 Å². The SMILES string of the molecule is C1CCC1.C1CCC1.C=C(C)C(C)C1CCCC(C)C1.CC1CCCCC1.CCC1CC(C(F)(F)F)CC(C(F)(F)F)C1.CCCNCCN. The van der Waals surface area contributed by atoms with Crippen molar-refractivity contribution >= 4 is 0 Å². The smallest absolute Gasteiger partial charge is 0.329 e. The first-order chi connectivity index (χ1) is 23.6. The van der Waals surface area contributed by atoms with E-state index < -0.39 is 36.5 Å². The number of nitrogens with one attached hydrogen (secondary N) is 1. The number of halogens is 6. The summed E-state index contributed by atoms with van der Waals surface area (Å²) in [6.45, 7) is 19.9. The fraction of sp³-hybridized carbons (Fsp3) is 0.952. The van der Waals surface area contributed by atoms with Gasteiger partial charge in [-0.15, -0.1) is 0 Å². The highest BCUT2D eigenvalue weighted by Crippen LogP contribution is 2.48. The van der Waals surface area contributed by atoms with E-state index in [-0.39, 0.29) is 12.8 Å². The summed E-state index contributed by atoms with van der Waals surface area (Å²) in [7, 11) is 0. The van der Waals surface area contributed by atoms with Crippen molar-refractivity contribution in [2.24, 2.45) is 47.2 Å². The highest BCUT2D eigenvalue weighted by atomic mass is 19.4. The van der Waals surface area contributed by atoms with E-state index in [1.54, 1.807) is 6.92 Å². The third kappa shape index (κ3) is 25.3. The number of alkyl halides is 6. The van der Waals surface area contributed by atoms with Crippen LogP contribution in [0, 0.1) is 41.4 Å². The molecule has 5 fully saturated rings. The molecule has 0 aromatic heterocycles. The molecular weight excluding hydrogens is 646 g/mol. The fourth-order valence-corrected chi connectivity index (χ4v) is 6.85. The minimum atomic E-state index is -4.50. The van der Waals surface area contributed by atoms with Gasteiger partial charge in [0.05, 0.1) is 11.8 Å². The maximum atomic E-state index is 12.4. The van der Waals surface area contributed by atoms with Gasteiger partial charge in [-0.1, -0.05) is 150 Å². The Morgan fingerprint density at radius 2 is 1.10 bits per heavy atom. The van der Waals surface area contributed by atoms with Crippen LogP contribution in [0.25, 0.3) is 0 Å². The molecule has 0 radical (unpaired) electrons. The van der Waals surface area contributed by atoms with Crippen molar-refractivity contribution in [1.29, 1.82) is 0 Å². The van der Waals surface area contributed by atoms with Crippen LogP contribution in [0.4, 0.5) is 26.3 Å². The van der Waals surface area contributed by atoms with Gasteiger partial charge in [0.25, 0.3) is 0 Å². The molecule has 3 N–H and O–H groups in total. The third-order valence-electron chi connectivity index (χ3n) is 11.4. The molecule has 0 amide bonds. The van der Waals surface area contributed by atoms with Crippen LogP contribution in [0.2, 0.25) is 0 Å². The van der Waals surface area contributed by atoms with Crippen LogP contribution in [-0.2, 0) is 0 Å². The van der Waals surface area contributed by atoms with E-state index in [0.717, 1.165) is 43.3 Å². The molecule has 5 aliphatic rings. The lowest BCUT2D eigenvalue weighted by molar-refractivity contribution is -0.228. The molecule has 5 atom stereocenters. The summed E-state index contributed by atoms with van der Waals surface area (Å²) in [5.74, 6) is -0.402. The van der Waals surface area contributed by atoms with Crippen molar-refractivity contribution in [3.63, 3.8) is 0 Å². The first-order valence-corrected chi connectivity index (χ1v) is 20.8. The maximum Gasteiger partial charge on any atom is 0.391 e. The van der Waals surface area contributed by atoms with Crippen molar-refractivity contribution in [3.8, 4) is 0 Å². The first-order valence-electron chi connectivity index (χ1n) is 20.8. The number of hydrogen-bond donors (Lipinski definition) is 2. The summed E-state index contributed by atoms with van der Waals surface area (Å²) in [5, 5.41) is 3.16. The van der Waals surface area contributed by atoms with Gasteiger partial charge >= 0.3 is 12.4 Å².